The van der Waals surface area contributed by atoms with Gasteiger partial charge in [0.2, 0.25) is 5.91 Å². The number of nitrogens with one attached hydrogen (secondary N) is 1. The number of rotatable bonds is 5. The van der Waals surface area contributed by atoms with Crippen LogP contribution < -0.4 is 5.32 Å². The van der Waals surface area contributed by atoms with Crippen LogP contribution in [0.1, 0.15) is 25.8 Å². The third-order valence-electron chi connectivity index (χ3n) is 2.66. The second-order valence-corrected chi connectivity index (χ2v) is 4.89. The van der Waals surface area contributed by atoms with Gasteiger partial charge in [0.1, 0.15) is 0 Å². The fraction of sp³-hybridized carbons (Fsp3) is 0.385. The van der Waals surface area contributed by atoms with Gasteiger partial charge in [-0.05, 0) is 31.5 Å². The fourth-order valence-corrected chi connectivity index (χ4v) is 1.39. The quantitative estimate of drug-likeness (QED) is 0.861. The van der Waals surface area contributed by atoms with E-state index >= 15 is 0 Å². The number of carbonyl (C=O) groups excluding carboxylic acids is 1. The minimum absolute atomic E-state index is 0.0196. The molecular formula is C13H15F2NO3. The summed E-state index contributed by atoms with van der Waals surface area (Å²) in [6, 6.07) is 3.30. The van der Waals surface area contributed by atoms with Crippen LogP contribution in [0.2, 0.25) is 0 Å². The molecule has 1 aromatic carbocycles. The number of hydrogen-bond acceptors (Lipinski definition) is 2. The van der Waals surface area contributed by atoms with Crippen LogP contribution in [0.25, 0.3) is 0 Å². The maximum absolute atomic E-state index is 12.9. The Hall–Kier alpha value is -1.98. The number of benzene rings is 1. The predicted molar refractivity (Wildman–Crippen MR) is 64.2 cm³/mol. The summed E-state index contributed by atoms with van der Waals surface area (Å²) in [5.41, 5.74) is -0.765. The number of carboxylic acid groups (broad SMARTS) is 1. The second kappa shape index (κ2) is 5.77. The van der Waals surface area contributed by atoms with Crippen LogP contribution in [-0.2, 0) is 16.1 Å². The highest BCUT2D eigenvalue weighted by Gasteiger charge is 2.29. The summed E-state index contributed by atoms with van der Waals surface area (Å²) in [5, 5.41) is 11.3. The van der Waals surface area contributed by atoms with Gasteiger partial charge in [0.15, 0.2) is 11.6 Å². The van der Waals surface area contributed by atoms with Gasteiger partial charge in [-0.2, -0.15) is 0 Å². The van der Waals surface area contributed by atoms with Crippen molar-refractivity contribution in [2.75, 3.05) is 0 Å². The van der Waals surface area contributed by atoms with E-state index in [-0.39, 0.29) is 13.0 Å². The molecular weight excluding hydrogens is 256 g/mol. The molecule has 0 aliphatic carbocycles. The summed E-state index contributed by atoms with van der Waals surface area (Å²) in [7, 11) is 0. The lowest BCUT2D eigenvalue weighted by molar-refractivity contribution is -0.149. The van der Waals surface area contributed by atoms with Crippen LogP contribution in [-0.4, -0.2) is 17.0 Å². The Balaban J connectivity index is 2.55. The van der Waals surface area contributed by atoms with Gasteiger partial charge in [-0.1, -0.05) is 6.07 Å². The van der Waals surface area contributed by atoms with E-state index in [9.17, 15) is 18.4 Å². The standard InChI is InChI=1S/C13H15F2NO3/c1-13(2,12(18)19)6-11(17)16-7-8-3-4-9(14)10(15)5-8/h3-5H,6-7H2,1-2H3,(H,16,17)(H,18,19). The van der Waals surface area contributed by atoms with Gasteiger partial charge in [0.25, 0.3) is 0 Å². The van der Waals surface area contributed by atoms with Crippen molar-refractivity contribution in [3.8, 4) is 0 Å². The monoisotopic (exact) mass is 271 g/mol. The molecule has 0 unspecified atom stereocenters. The molecule has 0 atom stereocenters. The zero-order valence-electron chi connectivity index (χ0n) is 10.7. The van der Waals surface area contributed by atoms with E-state index in [2.05, 4.69) is 5.32 Å². The molecule has 0 heterocycles. The summed E-state index contributed by atoms with van der Waals surface area (Å²) < 4.78 is 25.6. The van der Waals surface area contributed by atoms with Crippen molar-refractivity contribution < 1.29 is 23.5 Å². The Morgan fingerprint density at radius 2 is 1.89 bits per heavy atom. The van der Waals surface area contributed by atoms with Crippen LogP contribution in [0, 0.1) is 17.0 Å². The molecule has 1 amide bonds. The number of carbonyl (C=O) groups is 2. The molecule has 1 rings (SSSR count). The first-order valence-corrected chi connectivity index (χ1v) is 5.66. The Bertz CT molecular complexity index is 501. The molecule has 0 radical (unpaired) electrons. The Morgan fingerprint density at radius 3 is 2.42 bits per heavy atom. The van der Waals surface area contributed by atoms with E-state index in [4.69, 9.17) is 5.11 Å². The highest BCUT2D eigenvalue weighted by molar-refractivity contribution is 5.84. The molecule has 0 aliphatic rings. The lowest BCUT2D eigenvalue weighted by atomic mass is 9.89. The average Bonchev–Trinajstić information content (AvgIpc) is 2.30. The molecule has 0 saturated heterocycles. The van der Waals surface area contributed by atoms with Crippen LogP contribution in [0.4, 0.5) is 8.78 Å². The lowest BCUT2D eigenvalue weighted by Crippen LogP contribution is -2.33. The second-order valence-electron chi connectivity index (χ2n) is 4.89. The molecule has 1 aromatic rings. The Morgan fingerprint density at radius 1 is 1.26 bits per heavy atom. The first-order chi connectivity index (χ1) is 8.72. The summed E-state index contributed by atoms with van der Waals surface area (Å²) in [4.78, 5) is 22.4. The lowest BCUT2D eigenvalue weighted by Gasteiger charge is -2.18. The molecule has 2 N–H and O–H groups in total. The maximum atomic E-state index is 12.9. The zero-order valence-corrected chi connectivity index (χ0v) is 10.7. The van der Waals surface area contributed by atoms with Gasteiger partial charge in [-0.15, -0.1) is 0 Å². The summed E-state index contributed by atoms with van der Waals surface area (Å²) in [6.07, 6.45) is -0.188. The third-order valence-corrected chi connectivity index (χ3v) is 2.66. The first-order valence-electron chi connectivity index (χ1n) is 5.66. The van der Waals surface area contributed by atoms with Gasteiger partial charge in [-0.25, -0.2) is 8.78 Å². The summed E-state index contributed by atoms with van der Waals surface area (Å²) >= 11 is 0. The van der Waals surface area contributed by atoms with Gasteiger partial charge < -0.3 is 10.4 Å². The van der Waals surface area contributed by atoms with Gasteiger partial charge in [-0.3, -0.25) is 9.59 Å². The van der Waals surface area contributed by atoms with Gasteiger partial charge in [0.05, 0.1) is 5.41 Å². The Kier molecular flexibility index (Phi) is 4.58. The number of amides is 1. The highest BCUT2D eigenvalue weighted by Crippen LogP contribution is 2.20. The van der Waals surface area contributed by atoms with Crippen molar-refractivity contribution in [2.45, 2.75) is 26.8 Å². The van der Waals surface area contributed by atoms with Crippen LogP contribution >= 0.6 is 0 Å². The third kappa shape index (κ3) is 4.31. The molecule has 104 valence electrons. The Labute approximate surface area is 109 Å². The van der Waals surface area contributed by atoms with Crippen LogP contribution in [0.5, 0.6) is 0 Å². The minimum Gasteiger partial charge on any atom is -0.481 e. The normalized spacial score (nSPS) is 11.2. The highest BCUT2D eigenvalue weighted by atomic mass is 19.2. The average molecular weight is 271 g/mol. The van der Waals surface area contributed by atoms with Crippen molar-refractivity contribution >= 4 is 11.9 Å². The maximum Gasteiger partial charge on any atom is 0.309 e. The molecule has 0 saturated carbocycles. The zero-order chi connectivity index (χ0) is 14.6. The fourth-order valence-electron chi connectivity index (χ4n) is 1.39. The topological polar surface area (TPSA) is 66.4 Å². The van der Waals surface area contributed by atoms with E-state index < -0.39 is 28.9 Å². The van der Waals surface area contributed by atoms with Gasteiger partial charge in [0, 0.05) is 13.0 Å². The van der Waals surface area contributed by atoms with Crippen LogP contribution in [0.15, 0.2) is 18.2 Å². The molecule has 0 aliphatic heterocycles. The van der Waals surface area contributed by atoms with E-state index in [1.54, 1.807) is 0 Å². The van der Waals surface area contributed by atoms with Crippen LogP contribution in [0.3, 0.4) is 0 Å². The van der Waals surface area contributed by atoms with Gasteiger partial charge >= 0.3 is 5.97 Å². The van der Waals surface area contributed by atoms with Crippen molar-refractivity contribution in [2.24, 2.45) is 5.41 Å². The van der Waals surface area contributed by atoms with Crippen molar-refractivity contribution in [1.82, 2.24) is 5.32 Å². The number of halogens is 2. The van der Waals surface area contributed by atoms with Crippen molar-refractivity contribution in [3.63, 3.8) is 0 Å². The molecule has 4 nitrogen and oxygen atoms in total. The molecule has 0 spiro atoms. The molecule has 0 aromatic heterocycles. The molecule has 19 heavy (non-hydrogen) atoms. The molecule has 6 heteroatoms. The number of carboxylic acids is 1. The number of hydrogen-bond donors (Lipinski definition) is 2. The van der Waals surface area contributed by atoms with Crippen molar-refractivity contribution in [1.29, 1.82) is 0 Å². The molecule has 0 fully saturated rings. The van der Waals surface area contributed by atoms with E-state index in [1.807, 2.05) is 0 Å². The molecule has 0 bridgehead atoms. The SMILES string of the molecule is CC(C)(CC(=O)NCc1ccc(F)c(F)c1)C(=O)O. The predicted octanol–water partition coefficient (Wildman–Crippen LogP) is 2.08. The largest absolute Gasteiger partial charge is 0.481 e. The summed E-state index contributed by atoms with van der Waals surface area (Å²) in [5.74, 6) is -3.48. The van der Waals surface area contributed by atoms with E-state index in [0.29, 0.717) is 5.56 Å². The summed E-state index contributed by atoms with van der Waals surface area (Å²) in [6.45, 7) is 2.89. The minimum atomic E-state index is -1.17. The van der Waals surface area contributed by atoms with Crippen molar-refractivity contribution in [3.05, 3.63) is 35.4 Å². The first kappa shape index (κ1) is 15.1. The van der Waals surface area contributed by atoms with E-state index in [0.717, 1.165) is 12.1 Å². The number of aliphatic carboxylic acids is 1. The van der Waals surface area contributed by atoms with E-state index in [1.165, 1.54) is 19.9 Å². The smallest absolute Gasteiger partial charge is 0.309 e.